The lowest BCUT2D eigenvalue weighted by Crippen LogP contribution is -2.40. The number of carbonyl (C=O) groups is 1. The first-order valence-corrected chi connectivity index (χ1v) is 10.2. The average Bonchev–Trinajstić information content (AvgIpc) is 3.25. The van der Waals surface area contributed by atoms with E-state index < -0.39 is 0 Å². The van der Waals surface area contributed by atoms with Gasteiger partial charge in [-0.25, -0.2) is 4.79 Å². The van der Waals surface area contributed by atoms with Crippen LogP contribution in [0.4, 0.5) is 10.5 Å². The fourth-order valence-corrected chi connectivity index (χ4v) is 3.72. The zero-order valence-electron chi connectivity index (χ0n) is 16.3. The summed E-state index contributed by atoms with van der Waals surface area (Å²) in [6, 6.07) is 15.2. The Bertz CT molecular complexity index is 978. The van der Waals surface area contributed by atoms with Gasteiger partial charge >= 0.3 is 6.03 Å². The summed E-state index contributed by atoms with van der Waals surface area (Å²) in [5.74, 6) is 1.36. The molecule has 2 heterocycles. The van der Waals surface area contributed by atoms with Crippen molar-refractivity contribution in [3.8, 4) is 11.4 Å². The fraction of sp³-hybridized carbons (Fsp3) is 0.318. The Kier molecular flexibility index (Phi) is 5.81. The van der Waals surface area contributed by atoms with Crippen LogP contribution in [0.25, 0.3) is 11.4 Å². The van der Waals surface area contributed by atoms with Gasteiger partial charge < -0.3 is 14.7 Å². The van der Waals surface area contributed by atoms with Crippen LogP contribution in [0, 0.1) is 0 Å². The molecular formula is C22H23ClN4O2. The second-order valence-electron chi connectivity index (χ2n) is 7.17. The highest BCUT2D eigenvalue weighted by atomic mass is 35.5. The van der Waals surface area contributed by atoms with Crippen LogP contribution in [-0.4, -0.2) is 34.2 Å². The van der Waals surface area contributed by atoms with Crippen molar-refractivity contribution in [2.45, 2.75) is 32.1 Å². The number of piperidine rings is 1. The lowest BCUT2D eigenvalue weighted by atomic mass is 9.97. The van der Waals surface area contributed by atoms with Gasteiger partial charge in [0.25, 0.3) is 0 Å². The van der Waals surface area contributed by atoms with Crippen LogP contribution < -0.4 is 5.32 Å². The Balaban J connectivity index is 1.36. The molecule has 1 aliphatic heterocycles. The number of benzene rings is 2. The summed E-state index contributed by atoms with van der Waals surface area (Å²) in [4.78, 5) is 19.0. The molecule has 1 aliphatic rings. The number of rotatable bonds is 4. The van der Waals surface area contributed by atoms with Crippen LogP contribution >= 0.6 is 11.6 Å². The van der Waals surface area contributed by atoms with Gasteiger partial charge in [0, 0.05) is 35.3 Å². The highest BCUT2D eigenvalue weighted by Crippen LogP contribution is 2.29. The van der Waals surface area contributed by atoms with E-state index in [1.54, 1.807) is 12.1 Å². The zero-order chi connectivity index (χ0) is 20.2. The van der Waals surface area contributed by atoms with E-state index in [-0.39, 0.29) is 11.9 Å². The molecule has 3 aromatic rings. The Morgan fingerprint density at radius 1 is 1.17 bits per heavy atom. The molecule has 0 saturated carbocycles. The molecule has 4 rings (SSSR count). The van der Waals surface area contributed by atoms with E-state index in [4.69, 9.17) is 16.1 Å². The second-order valence-corrected chi connectivity index (χ2v) is 7.60. The Labute approximate surface area is 174 Å². The van der Waals surface area contributed by atoms with Crippen molar-refractivity contribution in [3.63, 3.8) is 0 Å². The maximum absolute atomic E-state index is 12.6. The number of carbonyl (C=O) groups excluding carboxylic acids is 1. The molecule has 0 atom stereocenters. The first-order valence-electron chi connectivity index (χ1n) is 9.87. The third kappa shape index (κ3) is 4.43. The lowest BCUT2D eigenvalue weighted by Gasteiger charge is -2.30. The maximum Gasteiger partial charge on any atom is 0.321 e. The molecule has 0 aliphatic carbocycles. The van der Waals surface area contributed by atoms with Crippen LogP contribution in [0.1, 0.15) is 37.1 Å². The van der Waals surface area contributed by atoms with Crippen molar-refractivity contribution < 1.29 is 9.32 Å². The van der Waals surface area contributed by atoms with E-state index >= 15 is 0 Å². The number of nitrogens with zero attached hydrogens (tertiary/aromatic N) is 3. The first-order chi connectivity index (χ1) is 14.1. The molecular weight excluding hydrogens is 388 g/mol. The summed E-state index contributed by atoms with van der Waals surface area (Å²) in [5.41, 5.74) is 2.89. The third-order valence-corrected chi connectivity index (χ3v) is 5.57. The number of amides is 2. The number of aryl methyl sites for hydroxylation is 1. The minimum absolute atomic E-state index is 0.0586. The molecule has 0 bridgehead atoms. The van der Waals surface area contributed by atoms with Crippen molar-refractivity contribution in [1.29, 1.82) is 0 Å². The fourth-order valence-electron chi connectivity index (χ4n) is 3.59. The summed E-state index contributed by atoms with van der Waals surface area (Å²) in [6.45, 7) is 3.39. The molecule has 7 heteroatoms. The van der Waals surface area contributed by atoms with E-state index in [2.05, 4.69) is 22.4 Å². The summed E-state index contributed by atoms with van der Waals surface area (Å²) < 4.78 is 5.50. The highest BCUT2D eigenvalue weighted by Gasteiger charge is 2.28. The third-order valence-electron chi connectivity index (χ3n) is 5.32. The number of aromatic nitrogens is 2. The van der Waals surface area contributed by atoms with E-state index in [9.17, 15) is 4.79 Å². The molecule has 1 saturated heterocycles. The SMILES string of the molecule is CCc1ccccc1NC(=O)N1CCC(c2nc(-c3ccc(Cl)cc3)no2)CC1. The number of anilines is 1. The number of hydrogen-bond donors (Lipinski definition) is 1. The van der Waals surface area contributed by atoms with Gasteiger partial charge in [-0.3, -0.25) is 0 Å². The number of para-hydroxylation sites is 1. The first kappa shape index (κ1) is 19.5. The lowest BCUT2D eigenvalue weighted by molar-refractivity contribution is 0.187. The zero-order valence-corrected chi connectivity index (χ0v) is 17.0. The monoisotopic (exact) mass is 410 g/mol. The molecule has 2 aromatic carbocycles. The van der Waals surface area contributed by atoms with E-state index in [0.29, 0.717) is 29.8 Å². The standard InChI is InChI=1S/C22H23ClN4O2/c1-2-15-5-3-4-6-19(15)24-22(28)27-13-11-17(12-14-27)21-25-20(26-29-21)16-7-9-18(23)10-8-16/h3-10,17H,2,11-14H2,1H3,(H,24,28). The van der Waals surface area contributed by atoms with Gasteiger partial charge in [-0.2, -0.15) is 4.98 Å². The van der Waals surface area contributed by atoms with Crippen LogP contribution in [-0.2, 0) is 6.42 Å². The second kappa shape index (κ2) is 8.66. The largest absolute Gasteiger partial charge is 0.339 e. The van der Waals surface area contributed by atoms with Gasteiger partial charge in [-0.05, 0) is 55.2 Å². The number of likely N-dealkylation sites (tertiary alicyclic amines) is 1. The van der Waals surface area contributed by atoms with Gasteiger partial charge in [0.15, 0.2) is 0 Å². The van der Waals surface area contributed by atoms with Gasteiger partial charge in [0.1, 0.15) is 0 Å². The smallest absolute Gasteiger partial charge is 0.321 e. The average molecular weight is 411 g/mol. The quantitative estimate of drug-likeness (QED) is 0.628. The molecule has 29 heavy (non-hydrogen) atoms. The summed E-state index contributed by atoms with van der Waals surface area (Å²) in [5, 5.41) is 7.81. The maximum atomic E-state index is 12.6. The summed E-state index contributed by atoms with van der Waals surface area (Å²) >= 11 is 5.93. The predicted molar refractivity (Wildman–Crippen MR) is 113 cm³/mol. The Morgan fingerprint density at radius 2 is 1.90 bits per heavy atom. The van der Waals surface area contributed by atoms with Crippen LogP contribution in [0.2, 0.25) is 5.02 Å². The molecule has 1 fully saturated rings. The van der Waals surface area contributed by atoms with Crippen molar-refractivity contribution in [2.75, 3.05) is 18.4 Å². The van der Waals surface area contributed by atoms with E-state index in [0.717, 1.165) is 36.1 Å². The van der Waals surface area contributed by atoms with Crippen molar-refractivity contribution in [2.24, 2.45) is 0 Å². The van der Waals surface area contributed by atoms with Gasteiger partial charge in [-0.15, -0.1) is 0 Å². The topological polar surface area (TPSA) is 71.3 Å². The number of halogens is 1. The Morgan fingerprint density at radius 3 is 2.62 bits per heavy atom. The molecule has 2 amide bonds. The normalized spacial score (nSPS) is 14.8. The molecule has 150 valence electrons. The molecule has 1 aromatic heterocycles. The minimum Gasteiger partial charge on any atom is -0.339 e. The molecule has 6 nitrogen and oxygen atoms in total. The van der Waals surface area contributed by atoms with Crippen molar-refractivity contribution >= 4 is 23.3 Å². The van der Waals surface area contributed by atoms with Gasteiger partial charge in [0.2, 0.25) is 11.7 Å². The van der Waals surface area contributed by atoms with Crippen LogP contribution in [0.5, 0.6) is 0 Å². The molecule has 0 spiro atoms. The van der Waals surface area contributed by atoms with Crippen LogP contribution in [0.3, 0.4) is 0 Å². The summed E-state index contributed by atoms with van der Waals surface area (Å²) in [6.07, 6.45) is 2.47. The van der Waals surface area contributed by atoms with Crippen molar-refractivity contribution in [3.05, 3.63) is 65.0 Å². The number of urea groups is 1. The van der Waals surface area contributed by atoms with Gasteiger partial charge in [-0.1, -0.05) is 41.9 Å². The summed E-state index contributed by atoms with van der Waals surface area (Å²) in [7, 11) is 0. The van der Waals surface area contributed by atoms with Gasteiger partial charge in [0.05, 0.1) is 0 Å². The minimum atomic E-state index is -0.0586. The Hall–Kier alpha value is -2.86. The number of nitrogens with one attached hydrogen (secondary N) is 1. The molecule has 0 radical (unpaired) electrons. The highest BCUT2D eigenvalue weighted by molar-refractivity contribution is 6.30. The van der Waals surface area contributed by atoms with Crippen molar-refractivity contribution in [1.82, 2.24) is 15.0 Å². The van der Waals surface area contributed by atoms with Crippen LogP contribution in [0.15, 0.2) is 53.1 Å². The number of hydrogen-bond acceptors (Lipinski definition) is 4. The molecule has 0 unspecified atom stereocenters. The van der Waals surface area contributed by atoms with E-state index in [1.807, 2.05) is 41.3 Å². The predicted octanol–water partition coefficient (Wildman–Crippen LogP) is 5.36. The molecule has 1 N–H and O–H groups in total. The van der Waals surface area contributed by atoms with E-state index in [1.165, 1.54) is 0 Å².